The third kappa shape index (κ3) is 5.13. The molecule has 0 bridgehead atoms. The summed E-state index contributed by atoms with van der Waals surface area (Å²) in [5.74, 6) is 2.27. The second kappa shape index (κ2) is 9.53. The Kier molecular flexibility index (Phi) is 8.06. The molecule has 2 atom stereocenters. The second-order valence-electron chi connectivity index (χ2n) is 6.16. The highest BCUT2D eigenvalue weighted by molar-refractivity contribution is 9.12. The maximum atomic E-state index is 6.16. The zero-order chi connectivity index (χ0) is 15.9. The fourth-order valence-electron chi connectivity index (χ4n) is 2.81. The molecule has 1 aliphatic rings. The van der Waals surface area contributed by atoms with Crippen LogP contribution in [0.2, 0.25) is 0 Å². The predicted octanol–water partition coefficient (Wildman–Crippen LogP) is 7.19. The van der Waals surface area contributed by atoms with Crippen LogP contribution in [0, 0.1) is 5.92 Å². The molecule has 0 saturated carbocycles. The van der Waals surface area contributed by atoms with E-state index in [0.29, 0.717) is 12.5 Å². The first kappa shape index (κ1) is 18.6. The third-order valence-corrected chi connectivity index (χ3v) is 6.72. The molecule has 22 heavy (non-hydrogen) atoms. The van der Waals surface area contributed by atoms with Gasteiger partial charge < -0.3 is 9.47 Å². The number of thiophene rings is 1. The van der Waals surface area contributed by atoms with Gasteiger partial charge in [0.25, 0.3) is 0 Å². The average Bonchev–Trinajstić information content (AvgIpc) is 2.80. The van der Waals surface area contributed by atoms with Gasteiger partial charge in [-0.25, -0.2) is 0 Å². The lowest BCUT2D eigenvalue weighted by Crippen LogP contribution is -2.34. The van der Waals surface area contributed by atoms with E-state index in [9.17, 15) is 0 Å². The summed E-state index contributed by atoms with van der Waals surface area (Å²) in [5.41, 5.74) is 0. The van der Waals surface area contributed by atoms with E-state index < -0.39 is 0 Å². The van der Waals surface area contributed by atoms with Crippen molar-refractivity contribution in [3.8, 4) is 11.5 Å². The Balaban J connectivity index is 1.68. The number of hydrogen-bond donors (Lipinski definition) is 0. The van der Waals surface area contributed by atoms with E-state index in [0.717, 1.165) is 19.1 Å². The maximum Gasteiger partial charge on any atom is 0.188 e. The fraction of sp³-hybridized carbons (Fsp3) is 0.765. The molecule has 0 radical (unpaired) electrons. The summed E-state index contributed by atoms with van der Waals surface area (Å²) in [7, 11) is 0. The summed E-state index contributed by atoms with van der Waals surface area (Å²) < 4.78 is 14.1. The fourth-order valence-corrected chi connectivity index (χ4v) is 5.64. The number of unbranched alkanes of at least 4 members (excludes halogenated alkanes) is 6. The molecular weight excluding hydrogens is 428 g/mol. The molecule has 1 aromatic heterocycles. The molecule has 0 amide bonds. The van der Waals surface area contributed by atoms with Crippen LogP contribution in [0.3, 0.4) is 0 Å². The number of halogens is 2. The molecule has 2 unspecified atom stereocenters. The molecule has 1 aromatic rings. The number of ether oxygens (including phenoxy) is 2. The Morgan fingerprint density at radius 1 is 1.05 bits per heavy atom. The summed E-state index contributed by atoms with van der Waals surface area (Å²) in [6.45, 7) is 5.21. The lowest BCUT2D eigenvalue weighted by molar-refractivity contribution is 0.0497. The van der Waals surface area contributed by atoms with Gasteiger partial charge in [0, 0.05) is 0 Å². The van der Waals surface area contributed by atoms with E-state index >= 15 is 0 Å². The Morgan fingerprint density at radius 2 is 1.68 bits per heavy atom. The monoisotopic (exact) mass is 452 g/mol. The quantitative estimate of drug-likeness (QED) is 0.368. The van der Waals surface area contributed by atoms with Gasteiger partial charge in [0.1, 0.15) is 20.3 Å². The van der Waals surface area contributed by atoms with Gasteiger partial charge in [0.2, 0.25) is 0 Å². The van der Waals surface area contributed by atoms with Crippen molar-refractivity contribution in [1.29, 1.82) is 0 Å². The van der Waals surface area contributed by atoms with Gasteiger partial charge in [-0.1, -0.05) is 58.8 Å². The average molecular weight is 454 g/mol. The SMILES string of the molecule is CCCCCCCCCC(C)C1COc2c(Br)sc(Br)c2O1. The first-order chi connectivity index (χ1) is 10.6. The molecule has 2 rings (SSSR count). The summed E-state index contributed by atoms with van der Waals surface area (Å²) in [5, 5.41) is 0. The van der Waals surface area contributed by atoms with Crippen molar-refractivity contribution < 1.29 is 9.47 Å². The third-order valence-electron chi connectivity index (χ3n) is 4.30. The van der Waals surface area contributed by atoms with Gasteiger partial charge in [0.05, 0.1) is 0 Å². The molecule has 0 saturated heterocycles. The number of fused-ring (bicyclic) bond motifs is 1. The number of rotatable bonds is 9. The standard InChI is InChI=1S/C17H26Br2O2S/c1-3-4-5-6-7-8-9-10-12(2)13-11-20-14-15(21-13)17(19)22-16(14)18/h12-13H,3-11H2,1-2H3. The van der Waals surface area contributed by atoms with Gasteiger partial charge in [-0.3, -0.25) is 0 Å². The van der Waals surface area contributed by atoms with Crippen LogP contribution in [0.15, 0.2) is 7.57 Å². The van der Waals surface area contributed by atoms with Crippen molar-refractivity contribution in [1.82, 2.24) is 0 Å². The normalized spacial score (nSPS) is 18.5. The van der Waals surface area contributed by atoms with Gasteiger partial charge in [-0.15, -0.1) is 11.3 Å². The van der Waals surface area contributed by atoms with Crippen molar-refractivity contribution in [3.63, 3.8) is 0 Å². The topological polar surface area (TPSA) is 18.5 Å². The van der Waals surface area contributed by atoms with E-state index in [1.165, 1.54) is 51.4 Å². The van der Waals surface area contributed by atoms with Crippen LogP contribution >= 0.6 is 43.2 Å². The van der Waals surface area contributed by atoms with Crippen molar-refractivity contribution in [2.45, 2.75) is 71.3 Å². The van der Waals surface area contributed by atoms with E-state index in [4.69, 9.17) is 9.47 Å². The minimum Gasteiger partial charge on any atom is -0.484 e. The predicted molar refractivity (Wildman–Crippen MR) is 101 cm³/mol. The zero-order valence-electron chi connectivity index (χ0n) is 13.5. The van der Waals surface area contributed by atoms with Crippen molar-refractivity contribution >= 4 is 43.2 Å². The highest BCUT2D eigenvalue weighted by Crippen LogP contribution is 2.51. The van der Waals surface area contributed by atoms with Crippen molar-refractivity contribution in [2.24, 2.45) is 5.92 Å². The molecule has 0 aliphatic carbocycles. The molecule has 126 valence electrons. The largest absolute Gasteiger partial charge is 0.484 e. The van der Waals surface area contributed by atoms with Gasteiger partial charge in [-0.2, -0.15) is 0 Å². The summed E-state index contributed by atoms with van der Waals surface area (Å²) >= 11 is 8.69. The van der Waals surface area contributed by atoms with Crippen LogP contribution < -0.4 is 9.47 Å². The van der Waals surface area contributed by atoms with Crippen LogP contribution in [0.4, 0.5) is 0 Å². The Bertz CT molecular complexity index is 462. The lowest BCUT2D eigenvalue weighted by atomic mass is 9.96. The summed E-state index contributed by atoms with van der Waals surface area (Å²) in [6.07, 6.45) is 10.9. The van der Waals surface area contributed by atoms with Gasteiger partial charge in [-0.05, 0) is 44.2 Å². The molecular formula is C17H26Br2O2S. The molecule has 5 heteroatoms. The van der Waals surface area contributed by atoms with Gasteiger partial charge >= 0.3 is 0 Å². The van der Waals surface area contributed by atoms with Crippen molar-refractivity contribution in [2.75, 3.05) is 6.61 Å². The highest BCUT2D eigenvalue weighted by Gasteiger charge is 2.30. The zero-order valence-corrected chi connectivity index (χ0v) is 17.5. The lowest BCUT2D eigenvalue weighted by Gasteiger charge is -2.29. The first-order valence-electron chi connectivity index (χ1n) is 8.40. The van der Waals surface area contributed by atoms with Crippen LogP contribution in [-0.2, 0) is 0 Å². The molecule has 1 aliphatic heterocycles. The Morgan fingerprint density at radius 3 is 2.41 bits per heavy atom. The molecule has 2 heterocycles. The molecule has 0 fully saturated rings. The van der Waals surface area contributed by atoms with Crippen LogP contribution in [-0.4, -0.2) is 12.7 Å². The smallest absolute Gasteiger partial charge is 0.188 e. The molecule has 0 N–H and O–H groups in total. The second-order valence-corrected chi connectivity index (χ2v) is 9.82. The maximum absolute atomic E-state index is 6.16. The minimum atomic E-state index is 0.172. The van der Waals surface area contributed by atoms with Crippen LogP contribution in [0.1, 0.15) is 65.2 Å². The van der Waals surface area contributed by atoms with E-state index in [1.54, 1.807) is 11.3 Å². The van der Waals surface area contributed by atoms with E-state index in [-0.39, 0.29) is 6.10 Å². The minimum absolute atomic E-state index is 0.172. The van der Waals surface area contributed by atoms with Crippen LogP contribution in [0.25, 0.3) is 0 Å². The van der Waals surface area contributed by atoms with Crippen LogP contribution in [0.5, 0.6) is 11.5 Å². The van der Waals surface area contributed by atoms with Gasteiger partial charge in [0.15, 0.2) is 11.5 Å². The Labute approximate surface area is 155 Å². The molecule has 0 spiro atoms. The van der Waals surface area contributed by atoms with Crippen molar-refractivity contribution in [3.05, 3.63) is 7.57 Å². The molecule has 0 aromatic carbocycles. The highest BCUT2D eigenvalue weighted by atomic mass is 79.9. The van der Waals surface area contributed by atoms with E-state index in [2.05, 4.69) is 45.7 Å². The number of hydrogen-bond acceptors (Lipinski definition) is 3. The molecule has 2 nitrogen and oxygen atoms in total. The van der Waals surface area contributed by atoms with E-state index in [1.807, 2.05) is 0 Å². The Hall–Kier alpha value is 0.260. The summed E-state index contributed by atoms with van der Waals surface area (Å²) in [4.78, 5) is 0. The summed E-state index contributed by atoms with van der Waals surface area (Å²) in [6, 6.07) is 0. The first-order valence-corrected chi connectivity index (χ1v) is 10.8.